The van der Waals surface area contributed by atoms with Gasteiger partial charge < -0.3 is 20.5 Å². The number of ether oxygens (including phenoxy) is 1. The summed E-state index contributed by atoms with van der Waals surface area (Å²) in [7, 11) is -4.23. The van der Waals surface area contributed by atoms with Crippen LogP contribution in [0.3, 0.4) is 0 Å². The van der Waals surface area contributed by atoms with E-state index in [-0.39, 0.29) is 28.8 Å². The SMILES string of the molecule is Nc1nc(Cl)nc2c1ncn2[C@@H]1O[C@H](COP(=O)(O)NCc2ccccc2)[C@H](O)C1F. The smallest absolute Gasteiger partial charge is 0.387 e. The fourth-order valence-corrected chi connectivity index (χ4v) is 4.16. The first kappa shape index (κ1) is 22.0. The predicted octanol–water partition coefficient (Wildman–Crippen LogP) is 1.57. The summed E-state index contributed by atoms with van der Waals surface area (Å²) in [6.07, 6.45) is -4.82. The largest absolute Gasteiger partial charge is 0.403 e. The van der Waals surface area contributed by atoms with Crippen LogP contribution in [-0.4, -0.2) is 54.5 Å². The molecule has 3 aromatic rings. The lowest BCUT2D eigenvalue weighted by molar-refractivity contribution is -0.0430. The quantitative estimate of drug-likeness (QED) is 0.294. The lowest BCUT2D eigenvalue weighted by Crippen LogP contribution is -2.31. The molecule has 2 unspecified atom stereocenters. The number of hydrogen-bond donors (Lipinski definition) is 4. The zero-order valence-corrected chi connectivity index (χ0v) is 17.5. The van der Waals surface area contributed by atoms with Crippen molar-refractivity contribution in [2.45, 2.75) is 31.2 Å². The van der Waals surface area contributed by atoms with Crippen LogP contribution in [0.15, 0.2) is 36.7 Å². The van der Waals surface area contributed by atoms with Crippen molar-refractivity contribution < 1.29 is 28.2 Å². The van der Waals surface area contributed by atoms with Crippen LogP contribution >= 0.6 is 19.3 Å². The van der Waals surface area contributed by atoms with Gasteiger partial charge in [-0.2, -0.15) is 9.97 Å². The minimum absolute atomic E-state index is 0.00768. The van der Waals surface area contributed by atoms with Crippen LogP contribution in [0.1, 0.15) is 11.8 Å². The van der Waals surface area contributed by atoms with Gasteiger partial charge in [-0.1, -0.05) is 30.3 Å². The van der Waals surface area contributed by atoms with E-state index in [1.54, 1.807) is 24.3 Å². The van der Waals surface area contributed by atoms with E-state index < -0.39 is 39.0 Å². The molecule has 11 nitrogen and oxygen atoms in total. The number of aromatic nitrogens is 4. The first-order valence-corrected chi connectivity index (χ1v) is 11.1. The summed E-state index contributed by atoms with van der Waals surface area (Å²) >= 11 is 5.81. The number of nitrogens with one attached hydrogen (secondary N) is 1. The van der Waals surface area contributed by atoms with Gasteiger partial charge in [-0.25, -0.2) is 19.0 Å². The molecule has 5 atom stereocenters. The second-order valence-electron chi connectivity index (χ2n) is 6.84. The Kier molecular flexibility index (Phi) is 6.22. The summed E-state index contributed by atoms with van der Waals surface area (Å²) in [6, 6.07) is 8.94. The van der Waals surface area contributed by atoms with Crippen LogP contribution in [0.2, 0.25) is 5.28 Å². The van der Waals surface area contributed by atoms with Gasteiger partial charge in [0, 0.05) is 6.54 Å². The molecule has 0 saturated carbocycles. The minimum atomic E-state index is -4.23. The van der Waals surface area contributed by atoms with Gasteiger partial charge in [0.1, 0.15) is 17.7 Å². The van der Waals surface area contributed by atoms with Crippen molar-refractivity contribution in [2.24, 2.45) is 0 Å². The molecule has 1 aliphatic heterocycles. The Labute approximate surface area is 180 Å². The number of benzene rings is 1. The van der Waals surface area contributed by atoms with Crippen molar-refractivity contribution in [2.75, 3.05) is 12.3 Å². The number of anilines is 1. The molecule has 3 heterocycles. The zero-order chi connectivity index (χ0) is 22.2. The van der Waals surface area contributed by atoms with E-state index in [4.69, 9.17) is 26.6 Å². The van der Waals surface area contributed by atoms with Gasteiger partial charge in [0.05, 0.1) is 12.9 Å². The molecule has 0 spiro atoms. The Balaban J connectivity index is 1.43. The number of nitrogens with two attached hydrogens (primary N) is 1. The summed E-state index contributed by atoms with van der Waals surface area (Å²) in [4.78, 5) is 21.8. The molecule has 5 N–H and O–H groups in total. The highest BCUT2D eigenvalue weighted by Crippen LogP contribution is 2.40. The van der Waals surface area contributed by atoms with Crippen LogP contribution in [0.5, 0.6) is 0 Å². The minimum Gasteiger partial charge on any atom is -0.387 e. The highest BCUT2D eigenvalue weighted by molar-refractivity contribution is 7.50. The van der Waals surface area contributed by atoms with Crippen molar-refractivity contribution in [1.29, 1.82) is 0 Å². The van der Waals surface area contributed by atoms with Crippen molar-refractivity contribution in [1.82, 2.24) is 24.6 Å². The van der Waals surface area contributed by atoms with E-state index in [1.165, 1.54) is 10.9 Å². The fourth-order valence-electron chi connectivity index (χ4n) is 3.17. The van der Waals surface area contributed by atoms with E-state index in [2.05, 4.69) is 20.0 Å². The van der Waals surface area contributed by atoms with Crippen molar-refractivity contribution in [3.05, 3.63) is 47.5 Å². The third kappa shape index (κ3) is 4.70. The summed E-state index contributed by atoms with van der Waals surface area (Å²) < 4.78 is 38.8. The number of aliphatic hydroxyl groups excluding tert-OH is 1. The molecular weight excluding hydrogens is 454 g/mol. The predicted molar refractivity (Wildman–Crippen MR) is 109 cm³/mol. The maximum atomic E-state index is 14.8. The number of imidazole rings is 1. The Morgan fingerprint density at radius 3 is 2.84 bits per heavy atom. The Hall–Kier alpha value is -2.18. The molecule has 0 radical (unpaired) electrons. The number of fused-ring (bicyclic) bond motifs is 1. The number of nitrogens with zero attached hydrogens (tertiary/aromatic N) is 4. The van der Waals surface area contributed by atoms with Crippen molar-refractivity contribution in [3.8, 4) is 0 Å². The summed E-state index contributed by atoms with van der Waals surface area (Å²) in [5.41, 5.74) is 6.83. The molecule has 1 saturated heterocycles. The lowest BCUT2D eigenvalue weighted by Gasteiger charge is -2.18. The zero-order valence-electron chi connectivity index (χ0n) is 15.9. The first-order valence-electron chi connectivity index (χ1n) is 9.15. The highest BCUT2D eigenvalue weighted by Gasteiger charge is 2.46. The van der Waals surface area contributed by atoms with Crippen molar-refractivity contribution in [3.63, 3.8) is 0 Å². The van der Waals surface area contributed by atoms with Crippen molar-refractivity contribution >= 4 is 36.3 Å². The van der Waals surface area contributed by atoms with E-state index in [0.717, 1.165) is 5.56 Å². The third-order valence-corrected chi connectivity index (χ3v) is 5.95. The molecule has 0 amide bonds. The molecule has 31 heavy (non-hydrogen) atoms. The summed E-state index contributed by atoms with van der Waals surface area (Å²) in [6.45, 7) is -0.446. The maximum Gasteiger partial charge on any atom is 0.403 e. The summed E-state index contributed by atoms with van der Waals surface area (Å²) in [5.74, 6) is 0.00768. The topological polar surface area (TPSA) is 158 Å². The van der Waals surface area contributed by atoms with Crippen LogP contribution in [0, 0.1) is 0 Å². The molecule has 166 valence electrons. The number of rotatable bonds is 7. The van der Waals surface area contributed by atoms with E-state index in [0.29, 0.717) is 0 Å². The number of halogens is 2. The van der Waals surface area contributed by atoms with Crippen LogP contribution < -0.4 is 10.8 Å². The Morgan fingerprint density at radius 1 is 1.35 bits per heavy atom. The standard InChI is InChI=1S/C17H19ClFN6O5P/c18-17-23-14(20)12-15(24-17)25(8-21-12)16-11(19)13(26)10(30-16)7-29-31(27,28)22-6-9-4-2-1-3-5-9/h1-5,8,10-11,13,16,26H,6-7H2,(H2,20,23,24)(H2,22,27,28)/t10-,11?,13+,16-/m1/s1. The molecular formula is C17H19ClFN6O5P. The van der Waals surface area contributed by atoms with E-state index >= 15 is 0 Å². The van der Waals surface area contributed by atoms with Crippen LogP contribution in [-0.2, 0) is 20.4 Å². The van der Waals surface area contributed by atoms with Gasteiger partial charge in [0.25, 0.3) is 0 Å². The van der Waals surface area contributed by atoms with Gasteiger partial charge in [-0.15, -0.1) is 0 Å². The molecule has 2 aromatic heterocycles. The van der Waals surface area contributed by atoms with E-state index in [1.807, 2.05) is 6.07 Å². The van der Waals surface area contributed by atoms with Gasteiger partial charge in [0.2, 0.25) is 5.28 Å². The molecule has 0 bridgehead atoms. The monoisotopic (exact) mass is 472 g/mol. The molecule has 1 aromatic carbocycles. The fraction of sp³-hybridized carbons (Fsp3) is 0.353. The average Bonchev–Trinajstić information content (AvgIpc) is 3.27. The Morgan fingerprint density at radius 2 is 2.10 bits per heavy atom. The average molecular weight is 473 g/mol. The molecule has 1 aliphatic rings. The third-order valence-electron chi connectivity index (χ3n) is 4.73. The van der Waals surface area contributed by atoms with Crippen LogP contribution in [0.4, 0.5) is 10.2 Å². The normalized spacial score (nSPS) is 25.7. The highest BCUT2D eigenvalue weighted by atomic mass is 35.5. The first-order chi connectivity index (χ1) is 14.7. The lowest BCUT2D eigenvalue weighted by atomic mass is 10.1. The second kappa shape index (κ2) is 8.75. The van der Waals surface area contributed by atoms with Crippen LogP contribution in [0.25, 0.3) is 11.2 Å². The van der Waals surface area contributed by atoms with Gasteiger partial charge in [-0.3, -0.25) is 9.09 Å². The number of nitrogen functional groups attached to an aromatic ring is 1. The molecule has 14 heteroatoms. The summed E-state index contributed by atoms with van der Waals surface area (Å²) in [5, 5.41) is 12.5. The maximum absolute atomic E-state index is 14.8. The molecule has 0 aliphatic carbocycles. The number of aliphatic hydroxyl groups is 1. The van der Waals surface area contributed by atoms with Gasteiger partial charge in [-0.05, 0) is 17.2 Å². The molecule has 1 fully saturated rings. The van der Waals surface area contributed by atoms with Gasteiger partial charge in [0.15, 0.2) is 23.9 Å². The second-order valence-corrected chi connectivity index (χ2v) is 8.79. The molecule has 4 rings (SSSR count). The number of hydrogen-bond acceptors (Lipinski definition) is 8. The number of alkyl halides is 1. The van der Waals surface area contributed by atoms with E-state index in [9.17, 15) is 19.0 Å². The van der Waals surface area contributed by atoms with Gasteiger partial charge >= 0.3 is 7.75 Å². The Bertz CT molecular complexity index is 1120.